The number of carbonyl (C=O) groups is 1. The monoisotopic (exact) mass is 377 g/mol. The number of hydrogen-bond acceptors (Lipinski definition) is 4. The van der Waals surface area contributed by atoms with Crippen molar-refractivity contribution in [2.75, 3.05) is 7.11 Å². The molecule has 26 heavy (non-hydrogen) atoms. The Labute approximate surface area is 155 Å². The van der Waals surface area contributed by atoms with E-state index >= 15 is 0 Å². The van der Waals surface area contributed by atoms with Gasteiger partial charge in [-0.1, -0.05) is 30.4 Å². The molecule has 0 bridgehead atoms. The maximum atomic E-state index is 12.6. The Balaban J connectivity index is 1.51. The first-order valence-corrected chi connectivity index (χ1v) is 10.8. The normalized spacial score (nSPS) is 27.4. The highest BCUT2D eigenvalue weighted by molar-refractivity contribution is 7.89. The summed E-state index contributed by atoms with van der Waals surface area (Å²) in [6.07, 6.45) is 9.37. The quantitative estimate of drug-likeness (QED) is 0.407. The van der Waals surface area contributed by atoms with Crippen molar-refractivity contribution < 1.29 is 17.9 Å². The van der Waals surface area contributed by atoms with E-state index in [-0.39, 0.29) is 12.0 Å². The SMILES string of the molecule is COC(=O)CCC/C=C\C[C@H]1[C@@H]2C[C@@H]2C[C@@H]1NS(=O)(=O)c1ccccc1. The maximum absolute atomic E-state index is 12.6. The summed E-state index contributed by atoms with van der Waals surface area (Å²) in [5.41, 5.74) is 0. The third-order valence-electron chi connectivity index (χ3n) is 5.52. The molecule has 2 aliphatic rings. The summed E-state index contributed by atoms with van der Waals surface area (Å²) in [5.74, 6) is 1.52. The van der Waals surface area contributed by atoms with Crippen molar-refractivity contribution in [3.05, 3.63) is 42.5 Å². The van der Waals surface area contributed by atoms with Gasteiger partial charge in [0.15, 0.2) is 0 Å². The molecule has 1 aromatic rings. The second-order valence-electron chi connectivity index (χ2n) is 7.28. The third kappa shape index (κ3) is 4.74. The first-order chi connectivity index (χ1) is 12.5. The Kier molecular flexibility index (Phi) is 6.14. The molecule has 0 amide bonds. The van der Waals surface area contributed by atoms with Gasteiger partial charge >= 0.3 is 5.97 Å². The van der Waals surface area contributed by atoms with E-state index in [9.17, 15) is 13.2 Å². The van der Waals surface area contributed by atoms with E-state index < -0.39 is 10.0 Å². The predicted molar refractivity (Wildman–Crippen MR) is 99.9 cm³/mol. The lowest BCUT2D eigenvalue weighted by molar-refractivity contribution is -0.140. The van der Waals surface area contributed by atoms with Crippen molar-refractivity contribution in [1.82, 2.24) is 4.72 Å². The molecule has 2 aliphatic carbocycles. The summed E-state index contributed by atoms with van der Waals surface area (Å²) in [6, 6.07) is 8.59. The molecule has 2 fully saturated rings. The predicted octanol–water partition coefficient (Wildman–Crippen LogP) is 3.28. The molecule has 0 radical (unpaired) electrons. The minimum Gasteiger partial charge on any atom is -0.469 e. The average Bonchev–Trinajstić information content (AvgIpc) is 3.32. The van der Waals surface area contributed by atoms with Gasteiger partial charge in [-0.05, 0) is 62.0 Å². The van der Waals surface area contributed by atoms with Gasteiger partial charge in [0, 0.05) is 12.5 Å². The van der Waals surface area contributed by atoms with E-state index in [2.05, 4.69) is 21.6 Å². The smallest absolute Gasteiger partial charge is 0.305 e. The van der Waals surface area contributed by atoms with Crippen LogP contribution < -0.4 is 4.72 Å². The van der Waals surface area contributed by atoms with Gasteiger partial charge < -0.3 is 4.74 Å². The van der Waals surface area contributed by atoms with E-state index in [1.165, 1.54) is 13.5 Å². The summed E-state index contributed by atoms with van der Waals surface area (Å²) in [7, 11) is -2.05. The number of unbranched alkanes of at least 4 members (excludes halogenated alkanes) is 1. The molecule has 0 aliphatic heterocycles. The zero-order valence-electron chi connectivity index (χ0n) is 15.1. The van der Waals surface area contributed by atoms with Crippen molar-refractivity contribution in [2.45, 2.75) is 49.5 Å². The van der Waals surface area contributed by atoms with Gasteiger partial charge in [0.2, 0.25) is 10.0 Å². The fraction of sp³-hybridized carbons (Fsp3) is 0.550. The number of sulfonamides is 1. The van der Waals surface area contributed by atoms with Crippen LogP contribution in [-0.4, -0.2) is 27.5 Å². The minimum absolute atomic E-state index is 0.0173. The van der Waals surface area contributed by atoms with Crippen LogP contribution in [0.4, 0.5) is 0 Å². The zero-order valence-corrected chi connectivity index (χ0v) is 16.0. The van der Waals surface area contributed by atoms with Crippen LogP contribution in [0.1, 0.15) is 38.5 Å². The van der Waals surface area contributed by atoms with E-state index in [4.69, 9.17) is 0 Å². The molecular weight excluding hydrogens is 350 g/mol. The fourth-order valence-corrected chi connectivity index (χ4v) is 5.37. The fourth-order valence-electron chi connectivity index (χ4n) is 4.04. The van der Waals surface area contributed by atoms with Crippen molar-refractivity contribution >= 4 is 16.0 Å². The Morgan fingerprint density at radius 3 is 2.73 bits per heavy atom. The number of rotatable bonds is 9. The van der Waals surface area contributed by atoms with Crippen LogP contribution in [0.3, 0.4) is 0 Å². The molecular formula is C20H27NO4S. The van der Waals surface area contributed by atoms with Gasteiger partial charge in [-0.2, -0.15) is 0 Å². The summed E-state index contributed by atoms with van der Waals surface area (Å²) in [4.78, 5) is 11.4. The Hall–Kier alpha value is -1.66. The molecule has 5 nitrogen and oxygen atoms in total. The number of carbonyl (C=O) groups excluding carboxylic acids is 1. The number of esters is 1. The molecule has 0 aromatic heterocycles. The minimum atomic E-state index is -3.46. The summed E-state index contributed by atoms with van der Waals surface area (Å²) < 4.78 is 32.7. The number of allylic oxidation sites excluding steroid dienone is 2. The summed E-state index contributed by atoms with van der Waals surface area (Å²) >= 11 is 0. The van der Waals surface area contributed by atoms with Crippen LogP contribution in [0.15, 0.2) is 47.4 Å². The van der Waals surface area contributed by atoms with Gasteiger partial charge in [-0.25, -0.2) is 13.1 Å². The second kappa shape index (κ2) is 8.35. The van der Waals surface area contributed by atoms with Crippen LogP contribution in [-0.2, 0) is 19.6 Å². The van der Waals surface area contributed by atoms with E-state index in [1.54, 1.807) is 24.3 Å². The Morgan fingerprint density at radius 2 is 2.00 bits per heavy atom. The summed E-state index contributed by atoms with van der Waals surface area (Å²) in [5, 5.41) is 0. The molecule has 1 N–H and O–H groups in total. The molecule has 6 heteroatoms. The van der Waals surface area contributed by atoms with E-state index in [1.807, 2.05) is 6.07 Å². The van der Waals surface area contributed by atoms with Crippen LogP contribution in [0.25, 0.3) is 0 Å². The number of benzene rings is 1. The Morgan fingerprint density at radius 1 is 1.23 bits per heavy atom. The largest absolute Gasteiger partial charge is 0.469 e. The molecule has 0 heterocycles. The van der Waals surface area contributed by atoms with Gasteiger partial charge in [0.25, 0.3) is 0 Å². The standard InChI is InChI=1S/C20H27NO4S/c1-25-20(22)12-8-3-2-7-11-17-18-13-15(18)14-19(17)21-26(23,24)16-9-5-4-6-10-16/h2,4-7,9-10,15,17-19,21H,3,8,11-14H2,1H3/b7-2-/t15-,17+,18-,19+/m1/s1. The highest BCUT2D eigenvalue weighted by Crippen LogP contribution is 2.56. The number of hydrogen-bond donors (Lipinski definition) is 1. The molecule has 3 rings (SSSR count). The number of nitrogens with one attached hydrogen (secondary N) is 1. The van der Waals surface area contributed by atoms with Crippen molar-refractivity contribution in [3.8, 4) is 0 Å². The molecule has 4 atom stereocenters. The van der Waals surface area contributed by atoms with Gasteiger partial charge in [0.1, 0.15) is 0 Å². The van der Waals surface area contributed by atoms with Gasteiger partial charge in [-0.3, -0.25) is 4.79 Å². The summed E-state index contributed by atoms with van der Waals surface area (Å²) in [6.45, 7) is 0. The molecule has 2 saturated carbocycles. The van der Waals surface area contributed by atoms with Crippen LogP contribution >= 0.6 is 0 Å². The maximum Gasteiger partial charge on any atom is 0.305 e. The van der Waals surface area contributed by atoms with Crippen LogP contribution in [0.2, 0.25) is 0 Å². The van der Waals surface area contributed by atoms with Gasteiger partial charge in [0.05, 0.1) is 12.0 Å². The molecule has 0 saturated heterocycles. The molecule has 142 valence electrons. The zero-order chi connectivity index (χ0) is 18.6. The van der Waals surface area contributed by atoms with Gasteiger partial charge in [-0.15, -0.1) is 0 Å². The third-order valence-corrected chi connectivity index (χ3v) is 7.02. The number of ether oxygens (including phenoxy) is 1. The topological polar surface area (TPSA) is 72.5 Å². The number of methoxy groups -OCH3 is 1. The average molecular weight is 378 g/mol. The second-order valence-corrected chi connectivity index (χ2v) is 8.99. The first kappa shape index (κ1) is 19.1. The van der Waals surface area contributed by atoms with E-state index in [0.717, 1.165) is 25.7 Å². The highest BCUT2D eigenvalue weighted by atomic mass is 32.2. The van der Waals surface area contributed by atoms with Crippen molar-refractivity contribution in [2.24, 2.45) is 17.8 Å². The van der Waals surface area contributed by atoms with Crippen molar-refractivity contribution in [3.63, 3.8) is 0 Å². The first-order valence-electron chi connectivity index (χ1n) is 9.30. The van der Waals surface area contributed by atoms with Crippen LogP contribution in [0.5, 0.6) is 0 Å². The van der Waals surface area contributed by atoms with Crippen molar-refractivity contribution in [1.29, 1.82) is 0 Å². The molecule has 0 spiro atoms. The molecule has 0 unspecified atom stereocenters. The lowest BCUT2D eigenvalue weighted by Gasteiger charge is -2.22. The van der Waals surface area contributed by atoms with Crippen LogP contribution in [0, 0.1) is 17.8 Å². The number of fused-ring (bicyclic) bond motifs is 1. The lowest BCUT2D eigenvalue weighted by Crippen LogP contribution is -2.38. The lowest BCUT2D eigenvalue weighted by atomic mass is 9.95. The highest BCUT2D eigenvalue weighted by Gasteiger charge is 2.53. The Bertz CT molecular complexity index is 744. The molecule has 1 aromatic carbocycles. The van der Waals surface area contributed by atoms with E-state index in [0.29, 0.717) is 29.1 Å².